The number of hydrogen-bond acceptors (Lipinski definition) is 5. The topological polar surface area (TPSA) is 96.0 Å². The maximum atomic E-state index is 13.2. The van der Waals surface area contributed by atoms with E-state index in [1.54, 1.807) is 36.1 Å². The molecular weight excluding hydrogens is 466 g/mol. The molecule has 0 aliphatic heterocycles. The largest absolute Gasteiger partial charge is 0.494 e. The molecule has 0 aliphatic carbocycles. The Kier molecular flexibility index (Phi) is 10.6. The first-order chi connectivity index (χ1) is 16.6. The van der Waals surface area contributed by atoms with Crippen LogP contribution < -0.4 is 14.4 Å². The van der Waals surface area contributed by atoms with Crippen molar-refractivity contribution >= 4 is 27.5 Å². The van der Waals surface area contributed by atoms with Gasteiger partial charge in [-0.2, -0.15) is 0 Å². The summed E-state index contributed by atoms with van der Waals surface area (Å²) in [7, 11) is -3.55. The van der Waals surface area contributed by atoms with Crippen LogP contribution in [-0.2, 0) is 26.2 Å². The fourth-order valence-electron chi connectivity index (χ4n) is 3.79. The van der Waals surface area contributed by atoms with Crippen LogP contribution in [0.3, 0.4) is 0 Å². The highest BCUT2D eigenvalue weighted by molar-refractivity contribution is 7.92. The van der Waals surface area contributed by atoms with Gasteiger partial charge in [0, 0.05) is 26.1 Å². The van der Waals surface area contributed by atoms with Crippen molar-refractivity contribution in [2.45, 2.75) is 53.1 Å². The molecule has 1 atom stereocenters. The number of likely N-dealkylation sites (N-methyl/N-ethyl adjacent to an activating group) is 1. The summed E-state index contributed by atoms with van der Waals surface area (Å²) in [6, 6.07) is 14.0. The summed E-state index contributed by atoms with van der Waals surface area (Å²) in [5.74, 6) is 0.233. The Morgan fingerprint density at radius 3 is 2.34 bits per heavy atom. The molecule has 0 aliphatic rings. The number of nitrogens with one attached hydrogen (secondary N) is 1. The Hall–Kier alpha value is -3.07. The van der Waals surface area contributed by atoms with Crippen LogP contribution >= 0.6 is 0 Å². The average molecular weight is 504 g/mol. The molecule has 0 fully saturated rings. The number of amides is 2. The zero-order valence-corrected chi connectivity index (χ0v) is 22.1. The Labute approximate surface area is 209 Å². The standard InChI is InChI=1S/C26H37N3O5S/c1-6-27-26(31)21(4)28(19-22-11-8-10-20(3)18-22)25(30)12-9-17-29(35(5,32)33)23-13-15-24(16-14-23)34-7-2/h8,10-11,13-16,18,21H,6-7,9,12,17,19H2,1-5H3,(H,27,31). The van der Waals surface area contributed by atoms with Crippen LogP contribution in [0.2, 0.25) is 0 Å². The molecule has 2 amide bonds. The number of ether oxygens (including phenoxy) is 1. The van der Waals surface area contributed by atoms with Crippen molar-refractivity contribution in [1.29, 1.82) is 0 Å². The summed E-state index contributed by atoms with van der Waals surface area (Å²) in [4.78, 5) is 27.3. The number of anilines is 1. The molecule has 0 saturated heterocycles. The van der Waals surface area contributed by atoms with Gasteiger partial charge in [0.05, 0.1) is 18.6 Å². The highest BCUT2D eigenvalue weighted by Crippen LogP contribution is 2.22. The van der Waals surface area contributed by atoms with E-state index in [1.165, 1.54) is 4.31 Å². The molecular formula is C26H37N3O5S. The van der Waals surface area contributed by atoms with Crippen LogP contribution in [0.4, 0.5) is 5.69 Å². The molecule has 0 aromatic heterocycles. The van der Waals surface area contributed by atoms with E-state index in [0.29, 0.717) is 37.6 Å². The molecule has 192 valence electrons. The fraction of sp³-hybridized carbons (Fsp3) is 0.462. The number of carbonyl (C=O) groups excluding carboxylic acids is 2. The zero-order valence-electron chi connectivity index (χ0n) is 21.3. The smallest absolute Gasteiger partial charge is 0.242 e. The number of rotatable bonds is 13. The normalized spacial score (nSPS) is 12.0. The molecule has 2 aromatic rings. The third kappa shape index (κ3) is 8.58. The molecule has 1 N–H and O–H groups in total. The lowest BCUT2D eigenvalue weighted by Crippen LogP contribution is -2.47. The average Bonchev–Trinajstić information content (AvgIpc) is 2.80. The minimum Gasteiger partial charge on any atom is -0.494 e. The second-order valence-electron chi connectivity index (χ2n) is 8.45. The van der Waals surface area contributed by atoms with E-state index in [9.17, 15) is 18.0 Å². The van der Waals surface area contributed by atoms with Crippen molar-refractivity contribution in [3.63, 3.8) is 0 Å². The lowest BCUT2D eigenvalue weighted by molar-refractivity contribution is -0.140. The van der Waals surface area contributed by atoms with E-state index in [0.717, 1.165) is 17.4 Å². The molecule has 0 bridgehead atoms. The van der Waals surface area contributed by atoms with Gasteiger partial charge >= 0.3 is 0 Å². The predicted molar refractivity (Wildman–Crippen MR) is 139 cm³/mol. The van der Waals surface area contributed by atoms with E-state index in [4.69, 9.17) is 4.74 Å². The van der Waals surface area contributed by atoms with Gasteiger partial charge in [0.25, 0.3) is 0 Å². The van der Waals surface area contributed by atoms with E-state index in [2.05, 4.69) is 5.32 Å². The Morgan fingerprint density at radius 2 is 1.77 bits per heavy atom. The van der Waals surface area contributed by atoms with E-state index >= 15 is 0 Å². The minimum atomic E-state index is -3.55. The number of sulfonamides is 1. The SMILES string of the molecule is CCNC(=O)C(C)N(Cc1cccc(C)c1)C(=O)CCCN(c1ccc(OCC)cc1)S(C)(=O)=O. The quantitative estimate of drug-likeness (QED) is 0.451. The van der Waals surface area contributed by atoms with Crippen molar-refractivity contribution in [3.05, 3.63) is 59.7 Å². The molecule has 0 saturated carbocycles. The predicted octanol–water partition coefficient (Wildman–Crippen LogP) is 3.49. The lowest BCUT2D eigenvalue weighted by Gasteiger charge is -2.29. The number of hydrogen-bond donors (Lipinski definition) is 1. The first-order valence-electron chi connectivity index (χ1n) is 11.9. The highest BCUT2D eigenvalue weighted by atomic mass is 32.2. The van der Waals surface area contributed by atoms with Crippen molar-refractivity contribution in [2.24, 2.45) is 0 Å². The molecule has 0 spiro atoms. The number of benzene rings is 2. The number of carbonyl (C=O) groups is 2. The van der Waals surface area contributed by atoms with Crippen LogP contribution in [-0.4, -0.2) is 57.1 Å². The van der Waals surface area contributed by atoms with Gasteiger partial charge in [0.1, 0.15) is 11.8 Å². The molecule has 9 heteroatoms. The summed E-state index contributed by atoms with van der Waals surface area (Å²) < 4.78 is 31.6. The van der Waals surface area contributed by atoms with Gasteiger partial charge in [-0.25, -0.2) is 8.42 Å². The summed E-state index contributed by atoms with van der Waals surface area (Å²) in [5.41, 5.74) is 2.51. The first kappa shape index (κ1) is 28.2. The van der Waals surface area contributed by atoms with Crippen molar-refractivity contribution in [2.75, 3.05) is 30.3 Å². The van der Waals surface area contributed by atoms with Gasteiger partial charge in [0.2, 0.25) is 21.8 Å². The maximum absolute atomic E-state index is 13.2. The molecule has 0 heterocycles. The molecule has 8 nitrogen and oxygen atoms in total. The van der Waals surface area contributed by atoms with Gasteiger partial charge in [-0.15, -0.1) is 0 Å². The highest BCUT2D eigenvalue weighted by Gasteiger charge is 2.26. The minimum absolute atomic E-state index is 0.110. The zero-order chi connectivity index (χ0) is 26.0. The van der Waals surface area contributed by atoms with Crippen LogP contribution in [0.1, 0.15) is 44.7 Å². The van der Waals surface area contributed by atoms with Gasteiger partial charge in [-0.05, 0) is 63.9 Å². The number of nitrogens with zero attached hydrogens (tertiary/aromatic N) is 2. The van der Waals surface area contributed by atoms with Gasteiger partial charge in [-0.3, -0.25) is 13.9 Å². The van der Waals surface area contributed by atoms with Crippen molar-refractivity contribution in [3.8, 4) is 5.75 Å². The van der Waals surface area contributed by atoms with E-state index < -0.39 is 16.1 Å². The molecule has 2 aromatic carbocycles. The van der Waals surface area contributed by atoms with Gasteiger partial charge < -0.3 is 15.0 Å². The Bertz CT molecular complexity index is 1090. The van der Waals surface area contributed by atoms with Crippen molar-refractivity contribution in [1.82, 2.24) is 10.2 Å². The second kappa shape index (κ2) is 13.1. The maximum Gasteiger partial charge on any atom is 0.242 e. The molecule has 35 heavy (non-hydrogen) atoms. The second-order valence-corrected chi connectivity index (χ2v) is 10.4. The third-order valence-corrected chi connectivity index (χ3v) is 6.74. The van der Waals surface area contributed by atoms with Crippen molar-refractivity contribution < 1.29 is 22.7 Å². The monoisotopic (exact) mass is 503 g/mol. The summed E-state index contributed by atoms with van der Waals surface area (Å²) in [5, 5.41) is 2.78. The van der Waals surface area contributed by atoms with Crippen LogP contribution in [0.5, 0.6) is 5.75 Å². The van der Waals surface area contributed by atoms with Crippen LogP contribution in [0.25, 0.3) is 0 Å². The first-order valence-corrected chi connectivity index (χ1v) is 13.7. The Morgan fingerprint density at radius 1 is 1.09 bits per heavy atom. The third-order valence-electron chi connectivity index (χ3n) is 5.54. The van der Waals surface area contributed by atoms with E-state index in [-0.39, 0.29) is 24.8 Å². The van der Waals surface area contributed by atoms with Crippen LogP contribution in [0.15, 0.2) is 48.5 Å². The summed E-state index contributed by atoms with van der Waals surface area (Å²) >= 11 is 0. The molecule has 0 radical (unpaired) electrons. The van der Waals surface area contributed by atoms with E-state index in [1.807, 2.05) is 45.0 Å². The van der Waals surface area contributed by atoms with Gasteiger partial charge in [0.15, 0.2) is 0 Å². The lowest BCUT2D eigenvalue weighted by atomic mass is 10.1. The molecule has 2 rings (SSSR count). The number of aryl methyl sites for hydroxylation is 1. The fourth-order valence-corrected chi connectivity index (χ4v) is 4.76. The Balaban J connectivity index is 2.14. The van der Waals surface area contributed by atoms with Crippen LogP contribution in [0, 0.1) is 6.92 Å². The summed E-state index contributed by atoms with van der Waals surface area (Å²) in [6.07, 6.45) is 1.57. The van der Waals surface area contributed by atoms with Gasteiger partial charge in [-0.1, -0.05) is 29.8 Å². The molecule has 1 unspecified atom stereocenters. The summed E-state index contributed by atoms with van der Waals surface area (Å²) in [6.45, 7) is 8.83.